The van der Waals surface area contributed by atoms with Crippen LogP contribution in [0.2, 0.25) is 0 Å². The summed E-state index contributed by atoms with van der Waals surface area (Å²) in [6.45, 7) is 6.61. The largest absolute Gasteiger partial charge is 0.147 e. The Morgan fingerprint density at radius 2 is 2.20 bits per heavy atom. The van der Waals surface area contributed by atoms with E-state index in [4.69, 9.17) is 0 Å². The minimum atomic E-state index is 0.333. The summed E-state index contributed by atoms with van der Waals surface area (Å²) in [5.41, 5.74) is 2.11. The molecule has 2 nitrogen and oxygen atoms in total. The highest BCUT2D eigenvalue weighted by atomic mass is 32.1. The zero-order valence-corrected chi connectivity index (χ0v) is 7.40. The number of rotatable bonds is 1. The van der Waals surface area contributed by atoms with Crippen LogP contribution in [0.4, 0.5) is 0 Å². The molecule has 0 spiro atoms. The summed E-state index contributed by atoms with van der Waals surface area (Å²) < 4.78 is 0. The Labute approximate surface area is 65.3 Å². The Morgan fingerprint density at radius 3 is 2.60 bits per heavy atom. The molecule has 0 saturated heterocycles. The molecule has 0 aliphatic rings. The fourth-order valence-electron chi connectivity index (χ4n) is 0.727. The molecule has 0 bridgehead atoms. The van der Waals surface area contributed by atoms with Gasteiger partial charge in [0.15, 0.2) is 0 Å². The van der Waals surface area contributed by atoms with E-state index in [0.717, 1.165) is 11.4 Å². The molecule has 56 valence electrons. The molecule has 1 aromatic rings. The van der Waals surface area contributed by atoms with Crippen LogP contribution in [0.1, 0.15) is 25.8 Å². The van der Waals surface area contributed by atoms with Gasteiger partial charge in [-0.05, 0) is 5.41 Å². The lowest BCUT2D eigenvalue weighted by Gasteiger charge is -2.14. The van der Waals surface area contributed by atoms with Crippen LogP contribution in [0.5, 0.6) is 0 Å². The molecule has 1 rings (SSSR count). The van der Waals surface area contributed by atoms with E-state index >= 15 is 0 Å². The average Bonchev–Trinajstić information content (AvgIpc) is 2.12. The Morgan fingerprint density at radius 1 is 1.50 bits per heavy atom. The van der Waals surface area contributed by atoms with Crippen molar-refractivity contribution in [3.05, 3.63) is 10.5 Å². The van der Waals surface area contributed by atoms with Gasteiger partial charge in [-0.25, -0.2) is 0 Å². The number of nitrogens with zero attached hydrogens (tertiary/aromatic N) is 2. The van der Waals surface area contributed by atoms with Crippen LogP contribution in [0.15, 0.2) is 5.51 Å². The molecule has 10 heavy (non-hydrogen) atoms. The summed E-state index contributed by atoms with van der Waals surface area (Å²) in [6.07, 6.45) is 1.03. The lowest BCUT2D eigenvalue weighted by atomic mass is 9.93. The van der Waals surface area contributed by atoms with Crippen molar-refractivity contribution in [3.8, 4) is 0 Å². The summed E-state index contributed by atoms with van der Waals surface area (Å²) in [6, 6.07) is 0. The second-order valence-corrected chi connectivity index (χ2v) is 4.49. The molecule has 0 aliphatic heterocycles. The van der Waals surface area contributed by atoms with Crippen LogP contribution >= 0.6 is 11.3 Å². The molecule has 0 atom stereocenters. The van der Waals surface area contributed by atoms with Crippen molar-refractivity contribution in [1.29, 1.82) is 0 Å². The van der Waals surface area contributed by atoms with Crippen molar-refractivity contribution >= 4 is 11.3 Å². The molecule has 0 fully saturated rings. The first-order chi connectivity index (χ1) is 4.58. The van der Waals surface area contributed by atoms with E-state index in [-0.39, 0.29) is 0 Å². The third-order valence-corrected chi connectivity index (χ3v) is 1.78. The SMILES string of the molecule is CC(C)(C)Cc1nncs1. The lowest BCUT2D eigenvalue weighted by Crippen LogP contribution is -2.08. The van der Waals surface area contributed by atoms with Gasteiger partial charge in [-0.1, -0.05) is 20.8 Å². The van der Waals surface area contributed by atoms with Crippen molar-refractivity contribution in [3.63, 3.8) is 0 Å². The molecular weight excluding hydrogens is 144 g/mol. The molecule has 0 radical (unpaired) electrons. The highest BCUT2D eigenvalue weighted by Gasteiger charge is 2.12. The third kappa shape index (κ3) is 2.43. The zero-order valence-electron chi connectivity index (χ0n) is 6.59. The van der Waals surface area contributed by atoms with Gasteiger partial charge in [0, 0.05) is 6.42 Å². The highest BCUT2D eigenvalue weighted by molar-refractivity contribution is 7.09. The van der Waals surface area contributed by atoms with Crippen LogP contribution < -0.4 is 0 Å². The Bertz CT molecular complexity index is 186. The van der Waals surface area contributed by atoms with Gasteiger partial charge in [0.05, 0.1) is 0 Å². The smallest absolute Gasteiger partial charge is 0.117 e. The van der Waals surface area contributed by atoms with E-state index in [1.54, 1.807) is 16.8 Å². The monoisotopic (exact) mass is 156 g/mol. The molecule has 0 saturated carbocycles. The van der Waals surface area contributed by atoms with E-state index in [0.29, 0.717) is 5.41 Å². The van der Waals surface area contributed by atoms with Crippen molar-refractivity contribution in [1.82, 2.24) is 10.2 Å². The highest BCUT2D eigenvalue weighted by Crippen LogP contribution is 2.20. The first-order valence-electron chi connectivity index (χ1n) is 3.33. The molecule has 3 heteroatoms. The maximum Gasteiger partial charge on any atom is 0.117 e. The van der Waals surface area contributed by atoms with Crippen molar-refractivity contribution in [2.45, 2.75) is 27.2 Å². The van der Waals surface area contributed by atoms with Gasteiger partial charge in [0.2, 0.25) is 0 Å². The summed E-state index contributed by atoms with van der Waals surface area (Å²) in [5.74, 6) is 0. The second-order valence-electron chi connectivity index (χ2n) is 3.57. The van der Waals surface area contributed by atoms with Crippen LogP contribution in [-0.4, -0.2) is 10.2 Å². The van der Waals surface area contributed by atoms with Gasteiger partial charge < -0.3 is 0 Å². The molecule has 0 unspecified atom stereocenters. The van der Waals surface area contributed by atoms with E-state index in [9.17, 15) is 0 Å². The van der Waals surface area contributed by atoms with Gasteiger partial charge in [0.25, 0.3) is 0 Å². The first kappa shape index (κ1) is 7.66. The van der Waals surface area contributed by atoms with Crippen LogP contribution in [0.25, 0.3) is 0 Å². The van der Waals surface area contributed by atoms with Gasteiger partial charge >= 0.3 is 0 Å². The maximum atomic E-state index is 3.97. The van der Waals surface area contributed by atoms with Gasteiger partial charge in [0.1, 0.15) is 10.5 Å². The Balaban J connectivity index is 2.57. The molecule has 0 aromatic carbocycles. The van der Waals surface area contributed by atoms with E-state index in [2.05, 4.69) is 31.0 Å². The Hall–Kier alpha value is -0.440. The predicted molar refractivity (Wildman–Crippen MR) is 43.1 cm³/mol. The third-order valence-electron chi connectivity index (χ3n) is 1.09. The zero-order chi connectivity index (χ0) is 7.61. The molecular formula is C7H12N2S. The van der Waals surface area contributed by atoms with Crippen molar-refractivity contribution in [2.24, 2.45) is 5.41 Å². The average molecular weight is 156 g/mol. The van der Waals surface area contributed by atoms with Crippen LogP contribution in [0.3, 0.4) is 0 Å². The molecule has 0 N–H and O–H groups in total. The van der Waals surface area contributed by atoms with E-state index in [1.807, 2.05) is 0 Å². The lowest BCUT2D eigenvalue weighted by molar-refractivity contribution is 0.409. The van der Waals surface area contributed by atoms with Gasteiger partial charge in [-0.2, -0.15) is 0 Å². The molecule has 1 heterocycles. The van der Waals surface area contributed by atoms with Crippen LogP contribution in [0, 0.1) is 5.41 Å². The standard InChI is InChI=1S/C7H12N2S/c1-7(2,3)4-6-9-8-5-10-6/h5H,4H2,1-3H3. The summed E-state index contributed by atoms with van der Waals surface area (Å²) in [4.78, 5) is 0. The van der Waals surface area contributed by atoms with E-state index in [1.165, 1.54) is 0 Å². The van der Waals surface area contributed by atoms with E-state index < -0.39 is 0 Å². The maximum absolute atomic E-state index is 3.97. The second kappa shape index (κ2) is 2.66. The minimum absolute atomic E-state index is 0.333. The Kier molecular flexibility index (Phi) is 2.04. The van der Waals surface area contributed by atoms with Crippen molar-refractivity contribution < 1.29 is 0 Å². The molecule has 1 aromatic heterocycles. The fourth-order valence-corrected chi connectivity index (χ4v) is 1.55. The van der Waals surface area contributed by atoms with Crippen molar-refractivity contribution in [2.75, 3.05) is 0 Å². The van der Waals surface area contributed by atoms with Gasteiger partial charge in [-0.3, -0.25) is 0 Å². The predicted octanol–water partition coefficient (Wildman–Crippen LogP) is 2.13. The normalized spacial score (nSPS) is 11.9. The topological polar surface area (TPSA) is 25.8 Å². The van der Waals surface area contributed by atoms with Gasteiger partial charge in [-0.15, -0.1) is 21.5 Å². The first-order valence-corrected chi connectivity index (χ1v) is 4.21. The molecule has 0 amide bonds. The quantitative estimate of drug-likeness (QED) is 0.622. The number of hydrogen-bond acceptors (Lipinski definition) is 3. The summed E-state index contributed by atoms with van der Waals surface area (Å²) >= 11 is 1.63. The summed E-state index contributed by atoms with van der Waals surface area (Å²) in [5, 5.41) is 8.88. The minimum Gasteiger partial charge on any atom is -0.147 e. The van der Waals surface area contributed by atoms with Crippen LogP contribution in [-0.2, 0) is 6.42 Å². The fraction of sp³-hybridized carbons (Fsp3) is 0.714. The summed E-state index contributed by atoms with van der Waals surface area (Å²) in [7, 11) is 0. The molecule has 0 aliphatic carbocycles. The number of hydrogen-bond donors (Lipinski definition) is 0. The number of aromatic nitrogens is 2.